The van der Waals surface area contributed by atoms with Crippen LogP contribution in [0.15, 0.2) is 0 Å². The molecule has 1 atom stereocenters. The molecule has 0 rings (SSSR count). The maximum Gasteiger partial charge on any atom is 0.302 e. The molecular formula is C17H36O6. The number of hydrogen-bond acceptors (Lipinski definition) is 6. The molecular weight excluding hydrogens is 300 g/mol. The zero-order chi connectivity index (χ0) is 17.8. The van der Waals surface area contributed by atoms with E-state index in [1.54, 1.807) is 28.4 Å². The third-order valence-corrected chi connectivity index (χ3v) is 3.11. The molecule has 0 saturated heterocycles. The van der Waals surface area contributed by atoms with Crippen molar-refractivity contribution in [3.05, 3.63) is 0 Å². The van der Waals surface area contributed by atoms with Crippen molar-refractivity contribution < 1.29 is 28.5 Å². The van der Waals surface area contributed by atoms with Crippen LogP contribution >= 0.6 is 0 Å². The largest absolute Gasteiger partial charge is 0.463 e. The average Bonchev–Trinajstić information content (AvgIpc) is 2.54. The van der Waals surface area contributed by atoms with Crippen LogP contribution in [-0.2, 0) is 28.5 Å². The molecule has 0 aliphatic heterocycles. The Morgan fingerprint density at radius 2 is 1.22 bits per heavy atom. The summed E-state index contributed by atoms with van der Waals surface area (Å²) in [5, 5.41) is 0. The van der Waals surface area contributed by atoms with Crippen LogP contribution in [0.2, 0.25) is 0 Å². The molecule has 0 spiro atoms. The standard InChI is InChI=1S/C10H22O2.C7H14O4/c1-11-9-7-5-3-4-6-8-10-12-2;1-6(8)11-5-7(10-3)4-9-2/h3-10H2,1-2H3;7H,4-5H2,1-3H3. The molecule has 0 bridgehead atoms. The molecule has 0 aromatic heterocycles. The summed E-state index contributed by atoms with van der Waals surface area (Å²) in [4.78, 5) is 10.3. The Labute approximate surface area is 141 Å². The molecule has 0 N–H and O–H groups in total. The Morgan fingerprint density at radius 1 is 0.739 bits per heavy atom. The van der Waals surface area contributed by atoms with Crippen LogP contribution in [0.5, 0.6) is 0 Å². The maximum absolute atomic E-state index is 10.3. The van der Waals surface area contributed by atoms with Gasteiger partial charge in [-0.05, 0) is 12.8 Å². The Kier molecular flexibility index (Phi) is 22.8. The van der Waals surface area contributed by atoms with Crippen molar-refractivity contribution in [2.45, 2.75) is 51.6 Å². The zero-order valence-electron chi connectivity index (χ0n) is 15.6. The quantitative estimate of drug-likeness (QED) is 0.359. The molecule has 0 radical (unpaired) electrons. The van der Waals surface area contributed by atoms with Crippen LogP contribution in [0.25, 0.3) is 0 Å². The Morgan fingerprint density at radius 3 is 1.57 bits per heavy atom. The van der Waals surface area contributed by atoms with E-state index < -0.39 is 0 Å². The fourth-order valence-corrected chi connectivity index (χ4v) is 1.78. The SMILES string of the molecule is COCC(COC(C)=O)OC.COCCCCCCCCOC. The van der Waals surface area contributed by atoms with Gasteiger partial charge in [0.1, 0.15) is 12.7 Å². The number of rotatable bonds is 14. The molecule has 1 unspecified atom stereocenters. The van der Waals surface area contributed by atoms with Gasteiger partial charge in [-0.2, -0.15) is 0 Å². The molecule has 0 heterocycles. The summed E-state index contributed by atoms with van der Waals surface area (Å²) in [6.07, 6.45) is 7.55. The summed E-state index contributed by atoms with van der Waals surface area (Å²) in [7, 11) is 6.64. The predicted octanol–water partition coefficient (Wildman–Crippen LogP) is 2.83. The molecule has 6 nitrogen and oxygen atoms in total. The van der Waals surface area contributed by atoms with E-state index >= 15 is 0 Å². The first kappa shape index (κ1) is 24.6. The third kappa shape index (κ3) is 23.7. The summed E-state index contributed by atoms with van der Waals surface area (Å²) in [5.41, 5.74) is 0. The number of methoxy groups -OCH3 is 4. The predicted molar refractivity (Wildman–Crippen MR) is 90.8 cm³/mol. The van der Waals surface area contributed by atoms with Gasteiger partial charge in [0, 0.05) is 48.6 Å². The number of carbonyl (C=O) groups excluding carboxylic acids is 1. The second-order valence-electron chi connectivity index (χ2n) is 5.22. The summed E-state index contributed by atoms with van der Waals surface area (Å²) >= 11 is 0. The zero-order valence-corrected chi connectivity index (χ0v) is 15.6. The van der Waals surface area contributed by atoms with Gasteiger partial charge in [0.25, 0.3) is 0 Å². The molecule has 0 aliphatic rings. The average molecular weight is 336 g/mol. The lowest BCUT2D eigenvalue weighted by atomic mass is 10.1. The minimum Gasteiger partial charge on any atom is -0.463 e. The first-order valence-corrected chi connectivity index (χ1v) is 8.25. The molecule has 0 aliphatic carbocycles. The topological polar surface area (TPSA) is 63.2 Å². The van der Waals surface area contributed by atoms with Crippen molar-refractivity contribution in [3.63, 3.8) is 0 Å². The van der Waals surface area contributed by atoms with Crippen LogP contribution in [0.4, 0.5) is 0 Å². The van der Waals surface area contributed by atoms with Crippen LogP contribution in [0.1, 0.15) is 45.4 Å². The molecule has 0 aromatic carbocycles. The van der Waals surface area contributed by atoms with E-state index in [1.807, 2.05) is 0 Å². The molecule has 6 heteroatoms. The minimum absolute atomic E-state index is 0.163. The van der Waals surface area contributed by atoms with Crippen LogP contribution in [0, 0.1) is 0 Å². The lowest BCUT2D eigenvalue weighted by Crippen LogP contribution is -2.24. The highest BCUT2D eigenvalue weighted by molar-refractivity contribution is 5.65. The Hall–Kier alpha value is -0.690. The number of hydrogen-bond donors (Lipinski definition) is 0. The Bertz CT molecular complexity index is 225. The molecule has 0 fully saturated rings. The number of ether oxygens (including phenoxy) is 5. The molecule has 0 aromatic rings. The van der Waals surface area contributed by atoms with E-state index in [0.717, 1.165) is 13.2 Å². The fraction of sp³-hybridized carbons (Fsp3) is 0.941. The van der Waals surface area contributed by atoms with Crippen LogP contribution in [-0.4, -0.2) is 66.9 Å². The molecule has 0 saturated carbocycles. The third-order valence-electron chi connectivity index (χ3n) is 3.11. The van der Waals surface area contributed by atoms with Crippen molar-refractivity contribution in [3.8, 4) is 0 Å². The normalized spacial score (nSPS) is 11.5. The van der Waals surface area contributed by atoms with Crippen molar-refractivity contribution in [1.82, 2.24) is 0 Å². The van der Waals surface area contributed by atoms with E-state index in [-0.39, 0.29) is 18.7 Å². The lowest BCUT2D eigenvalue weighted by Gasteiger charge is -2.12. The number of esters is 1. The van der Waals surface area contributed by atoms with Gasteiger partial charge in [0.05, 0.1) is 6.61 Å². The van der Waals surface area contributed by atoms with E-state index in [4.69, 9.17) is 23.7 Å². The summed E-state index contributed by atoms with van der Waals surface area (Å²) in [6.45, 7) is 3.87. The summed E-state index contributed by atoms with van der Waals surface area (Å²) < 4.78 is 24.4. The monoisotopic (exact) mass is 336 g/mol. The van der Waals surface area contributed by atoms with Gasteiger partial charge in [-0.15, -0.1) is 0 Å². The van der Waals surface area contributed by atoms with Crippen molar-refractivity contribution in [1.29, 1.82) is 0 Å². The lowest BCUT2D eigenvalue weighted by molar-refractivity contribution is -0.145. The maximum atomic E-state index is 10.3. The van der Waals surface area contributed by atoms with Gasteiger partial charge < -0.3 is 23.7 Å². The van der Waals surface area contributed by atoms with Crippen molar-refractivity contribution in [2.24, 2.45) is 0 Å². The Balaban J connectivity index is 0. The highest BCUT2D eigenvalue weighted by Crippen LogP contribution is 2.05. The van der Waals surface area contributed by atoms with Crippen molar-refractivity contribution in [2.75, 3.05) is 54.9 Å². The van der Waals surface area contributed by atoms with Gasteiger partial charge in [-0.1, -0.05) is 25.7 Å². The minimum atomic E-state index is -0.303. The summed E-state index contributed by atoms with van der Waals surface area (Å²) in [5.74, 6) is -0.303. The van der Waals surface area contributed by atoms with Crippen LogP contribution < -0.4 is 0 Å². The van der Waals surface area contributed by atoms with Gasteiger partial charge in [-0.25, -0.2) is 0 Å². The number of carbonyl (C=O) groups is 1. The number of unbranched alkanes of at least 4 members (excludes halogenated alkanes) is 5. The highest BCUT2D eigenvalue weighted by Gasteiger charge is 2.07. The van der Waals surface area contributed by atoms with Gasteiger partial charge in [0.2, 0.25) is 0 Å². The molecule has 23 heavy (non-hydrogen) atoms. The summed E-state index contributed by atoms with van der Waals surface area (Å²) in [6, 6.07) is 0. The van der Waals surface area contributed by atoms with Gasteiger partial charge in [0.15, 0.2) is 0 Å². The molecule has 0 amide bonds. The first-order chi connectivity index (χ1) is 11.1. The van der Waals surface area contributed by atoms with Crippen molar-refractivity contribution >= 4 is 5.97 Å². The van der Waals surface area contributed by atoms with E-state index in [1.165, 1.54) is 45.4 Å². The second-order valence-corrected chi connectivity index (χ2v) is 5.22. The van der Waals surface area contributed by atoms with E-state index in [9.17, 15) is 4.79 Å². The van der Waals surface area contributed by atoms with Gasteiger partial charge in [-0.3, -0.25) is 4.79 Å². The smallest absolute Gasteiger partial charge is 0.302 e. The van der Waals surface area contributed by atoms with Crippen LogP contribution in [0.3, 0.4) is 0 Å². The highest BCUT2D eigenvalue weighted by atomic mass is 16.6. The van der Waals surface area contributed by atoms with E-state index in [0.29, 0.717) is 6.61 Å². The first-order valence-electron chi connectivity index (χ1n) is 8.25. The van der Waals surface area contributed by atoms with Gasteiger partial charge >= 0.3 is 5.97 Å². The fourth-order valence-electron chi connectivity index (χ4n) is 1.78. The van der Waals surface area contributed by atoms with E-state index in [2.05, 4.69) is 0 Å². The molecule has 140 valence electrons. The second kappa shape index (κ2) is 21.3.